The van der Waals surface area contributed by atoms with Crippen molar-refractivity contribution in [3.8, 4) is 28.3 Å². The van der Waals surface area contributed by atoms with Gasteiger partial charge in [0.05, 0.1) is 17.2 Å². The maximum absolute atomic E-state index is 9.14. The van der Waals surface area contributed by atoms with E-state index in [1.807, 2.05) is 48.5 Å². The van der Waals surface area contributed by atoms with Crippen LogP contribution in [0.1, 0.15) is 5.56 Å². The Labute approximate surface area is 240 Å². The Morgan fingerprint density at radius 2 is 0.952 bits per heavy atom. The average molecular weight is 536 g/mol. The summed E-state index contributed by atoms with van der Waals surface area (Å²) in [4.78, 5) is 0. The van der Waals surface area contributed by atoms with Gasteiger partial charge in [-0.1, -0.05) is 84.9 Å². The second-order valence-corrected chi connectivity index (χ2v) is 10.8. The molecule has 0 N–H and O–H groups in total. The quantitative estimate of drug-likeness (QED) is 0.207. The predicted octanol–water partition coefficient (Wildman–Crippen LogP) is 11.0. The van der Waals surface area contributed by atoms with Crippen LogP contribution in [-0.4, -0.2) is 0 Å². The van der Waals surface area contributed by atoms with Gasteiger partial charge in [0.2, 0.25) is 0 Å². The third-order valence-electron chi connectivity index (χ3n) is 8.48. The molecule has 0 aliphatic rings. The Balaban J connectivity index is 1.27. The predicted molar refractivity (Wildman–Crippen MR) is 172 cm³/mol. The molecule has 0 amide bonds. The van der Waals surface area contributed by atoms with Gasteiger partial charge in [-0.15, -0.1) is 0 Å². The second-order valence-electron chi connectivity index (χ2n) is 10.8. The Bertz CT molecular complexity index is 2490. The van der Waals surface area contributed by atoms with Crippen molar-refractivity contribution in [3.05, 3.63) is 133 Å². The first kappa shape index (κ1) is 22.9. The fraction of sp³-hybridized carbons (Fsp3) is 0. The number of para-hydroxylation sites is 2. The van der Waals surface area contributed by atoms with E-state index in [1.165, 1.54) is 16.2 Å². The summed E-state index contributed by atoms with van der Waals surface area (Å²) in [6, 6.07) is 46.2. The fourth-order valence-corrected chi connectivity index (χ4v) is 6.44. The minimum absolute atomic E-state index is 0.666. The van der Waals surface area contributed by atoms with Crippen LogP contribution in [0.5, 0.6) is 0 Å². The lowest BCUT2D eigenvalue weighted by Gasteiger charge is -2.10. The highest BCUT2D eigenvalue weighted by molar-refractivity contribution is 6.22. The molecule has 7 aromatic carbocycles. The lowest BCUT2D eigenvalue weighted by molar-refractivity contribution is 0.658. The molecule has 0 unspecified atom stereocenters. The second kappa shape index (κ2) is 8.57. The normalized spacial score (nSPS) is 11.8. The molecular formula is C39H21NO2. The summed E-state index contributed by atoms with van der Waals surface area (Å²) in [7, 11) is 0. The number of hydrogen-bond donors (Lipinski definition) is 0. The summed E-state index contributed by atoms with van der Waals surface area (Å²) in [5, 5.41) is 18.3. The summed E-state index contributed by atoms with van der Waals surface area (Å²) in [6.07, 6.45) is 0. The van der Waals surface area contributed by atoms with Crippen molar-refractivity contribution in [2.24, 2.45) is 0 Å². The summed E-state index contributed by atoms with van der Waals surface area (Å²) in [5.74, 6) is 0. The Kier molecular flexibility index (Phi) is 4.68. The minimum atomic E-state index is 0.666. The average Bonchev–Trinajstić information content (AvgIpc) is 3.61. The van der Waals surface area contributed by atoms with Crippen LogP contribution in [0.4, 0.5) is 0 Å². The molecule has 2 heterocycles. The van der Waals surface area contributed by atoms with Crippen LogP contribution in [0.15, 0.2) is 136 Å². The zero-order valence-corrected chi connectivity index (χ0v) is 22.4. The first-order valence-electron chi connectivity index (χ1n) is 14.0. The van der Waals surface area contributed by atoms with E-state index in [-0.39, 0.29) is 0 Å². The van der Waals surface area contributed by atoms with Gasteiger partial charge in [0, 0.05) is 21.5 Å². The molecule has 0 atom stereocenters. The molecule has 0 fully saturated rings. The van der Waals surface area contributed by atoms with Crippen molar-refractivity contribution in [1.29, 1.82) is 5.26 Å². The van der Waals surface area contributed by atoms with E-state index in [9.17, 15) is 0 Å². The maximum Gasteiger partial charge on any atom is 0.147 e. The Morgan fingerprint density at radius 3 is 1.55 bits per heavy atom. The van der Waals surface area contributed by atoms with Crippen LogP contribution in [-0.2, 0) is 0 Å². The molecule has 0 spiro atoms. The monoisotopic (exact) mass is 535 g/mol. The van der Waals surface area contributed by atoms with Crippen LogP contribution in [0.25, 0.3) is 87.7 Å². The molecule has 2 aromatic heterocycles. The van der Waals surface area contributed by atoms with Gasteiger partial charge in [-0.2, -0.15) is 5.26 Å². The van der Waals surface area contributed by atoms with Crippen LogP contribution >= 0.6 is 0 Å². The number of benzene rings is 7. The van der Waals surface area contributed by atoms with Gasteiger partial charge >= 0.3 is 0 Å². The molecular weight excluding hydrogens is 514 g/mol. The van der Waals surface area contributed by atoms with Crippen molar-refractivity contribution in [2.45, 2.75) is 0 Å². The van der Waals surface area contributed by atoms with E-state index in [0.717, 1.165) is 71.5 Å². The number of nitriles is 1. The van der Waals surface area contributed by atoms with Crippen molar-refractivity contribution in [2.75, 3.05) is 0 Å². The van der Waals surface area contributed by atoms with Crippen LogP contribution in [0.3, 0.4) is 0 Å². The van der Waals surface area contributed by atoms with E-state index in [0.29, 0.717) is 5.56 Å². The fourth-order valence-electron chi connectivity index (χ4n) is 6.44. The third kappa shape index (κ3) is 3.27. The highest BCUT2D eigenvalue weighted by atomic mass is 16.3. The summed E-state index contributed by atoms with van der Waals surface area (Å²) < 4.78 is 13.0. The first-order chi connectivity index (χ1) is 20.7. The molecule has 0 aliphatic heterocycles. The molecule has 0 bridgehead atoms. The molecule has 9 aromatic rings. The largest absolute Gasteiger partial charge is 0.455 e. The van der Waals surface area contributed by atoms with Crippen molar-refractivity contribution in [3.63, 3.8) is 0 Å². The molecule has 0 saturated heterocycles. The highest BCUT2D eigenvalue weighted by Crippen LogP contribution is 2.45. The molecule has 3 heteroatoms. The van der Waals surface area contributed by atoms with Crippen LogP contribution in [0, 0.1) is 11.3 Å². The van der Waals surface area contributed by atoms with Gasteiger partial charge < -0.3 is 8.83 Å². The first-order valence-corrected chi connectivity index (χ1v) is 14.0. The topological polar surface area (TPSA) is 50.1 Å². The van der Waals surface area contributed by atoms with Crippen LogP contribution < -0.4 is 0 Å². The van der Waals surface area contributed by atoms with Gasteiger partial charge in [0.15, 0.2) is 0 Å². The third-order valence-corrected chi connectivity index (χ3v) is 8.48. The molecule has 0 aliphatic carbocycles. The molecule has 194 valence electrons. The van der Waals surface area contributed by atoms with E-state index in [2.05, 4.69) is 84.9 Å². The molecule has 0 radical (unpaired) electrons. The van der Waals surface area contributed by atoms with Gasteiger partial charge in [-0.3, -0.25) is 0 Å². The van der Waals surface area contributed by atoms with Gasteiger partial charge in [0.25, 0.3) is 0 Å². The van der Waals surface area contributed by atoms with Gasteiger partial charge in [0.1, 0.15) is 22.3 Å². The molecule has 42 heavy (non-hydrogen) atoms. The Morgan fingerprint density at radius 1 is 0.429 bits per heavy atom. The highest BCUT2D eigenvalue weighted by Gasteiger charge is 2.21. The zero-order chi connectivity index (χ0) is 27.8. The lowest BCUT2D eigenvalue weighted by Crippen LogP contribution is -1.85. The van der Waals surface area contributed by atoms with E-state index in [4.69, 9.17) is 14.1 Å². The minimum Gasteiger partial charge on any atom is -0.455 e. The number of furan rings is 2. The van der Waals surface area contributed by atoms with Crippen molar-refractivity contribution >= 4 is 65.4 Å². The maximum atomic E-state index is 9.14. The lowest BCUT2D eigenvalue weighted by atomic mass is 9.93. The number of nitrogens with zero attached hydrogens (tertiary/aromatic N) is 1. The number of hydrogen-bond acceptors (Lipinski definition) is 3. The van der Waals surface area contributed by atoms with E-state index in [1.54, 1.807) is 0 Å². The van der Waals surface area contributed by atoms with Gasteiger partial charge in [-0.25, -0.2) is 0 Å². The smallest absolute Gasteiger partial charge is 0.147 e. The molecule has 9 rings (SSSR count). The summed E-state index contributed by atoms with van der Waals surface area (Å²) >= 11 is 0. The number of rotatable bonds is 2. The summed E-state index contributed by atoms with van der Waals surface area (Å²) in [5.41, 5.74) is 8.36. The zero-order valence-electron chi connectivity index (χ0n) is 22.4. The van der Waals surface area contributed by atoms with Crippen molar-refractivity contribution < 1.29 is 8.83 Å². The van der Waals surface area contributed by atoms with E-state index < -0.39 is 0 Å². The Hall–Kier alpha value is -5.85. The van der Waals surface area contributed by atoms with Gasteiger partial charge in [-0.05, 0) is 80.7 Å². The molecule has 0 saturated carbocycles. The molecule has 3 nitrogen and oxygen atoms in total. The summed E-state index contributed by atoms with van der Waals surface area (Å²) in [6.45, 7) is 0. The van der Waals surface area contributed by atoms with E-state index >= 15 is 0 Å². The van der Waals surface area contributed by atoms with Crippen molar-refractivity contribution in [1.82, 2.24) is 0 Å². The number of fused-ring (bicyclic) bond motifs is 9. The SMILES string of the molecule is N#Cc1ccc(-c2ccc3c(ccc4cc(-c5c6oc7ccccc7c6cc6c5oc5ccccc56)ccc43)c2)cc1. The standard InChI is InChI=1S/C39H21NO2/c40-22-23-9-11-24(12-10-23)25-15-17-29-26(19-25)13-14-27-20-28(16-18-30(27)29)37-38-33(31-5-1-3-7-35(31)41-38)21-34-32-6-2-4-8-36(32)42-39(34)37/h1-21H. The van der Waals surface area contributed by atoms with Crippen LogP contribution in [0.2, 0.25) is 0 Å².